The number of methoxy groups -OCH3 is 2. The second-order valence-electron chi connectivity index (χ2n) is 4.99. The average Bonchev–Trinajstić information content (AvgIpc) is 2.49. The van der Waals surface area contributed by atoms with Gasteiger partial charge in [0.15, 0.2) is 0 Å². The predicted molar refractivity (Wildman–Crippen MR) is 70.9 cm³/mol. The standard InChI is InChI=1S/C14H22N2O3/c1-18-13(10-6-4-3-5-7-10)12(17)11-14(19-2)16-9-8-15-11/h8-10,12-13,17H,3-7H2,1-2H3. The molecule has 0 aromatic carbocycles. The molecule has 0 bridgehead atoms. The van der Waals surface area contributed by atoms with E-state index in [0.29, 0.717) is 17.5 Å². The van der Waals surface area contributed by atoms with Crippen LogP contribution in [0.2, 0.25) is 0 Å². The highest BCUT2D eigenvalue weighted by atomic mass is 16.5. The van der Waals surface area contributed by atoms with Crippen molar-refractivity contribution in [1.82, 2.24) is 9.97 Å². The van der Waals surface area contributed by atoms with Gasteiger partial charge in [0.25, 0.3) is 0 Å². The number of aromatic nitrogens is 2. The Hall–Kier alpha value is -1.20. The molecule has 1 aromatic heterocycles. The second kappa shape index (κ2) is 6.82. The lowest BCUT2D eigenvalue weighted by Crippen LogP contribution is -2.32. The van der Waals surface area contributed by atoms with Crippen LogP contribution in [-0.4, -0.2) is 35.4 Å². The van der Waals surface area contributed by atoms with E-state index in [1.54, 1.807) is 19.5 Å². The molecule has 1 aliphatic rings. The first-order valence-corrected chi connectivity index (χ1v) is 6.83. The van der Waals surface area contributed by atoms with E-state index in [0.717, 1.165) is 12.8 Å². The molecule has 0 spiro atoms. The minimum atomic E-state index is -0.795. The summed E-state index contributed by atoms with van der Waals surface area (Å²) in [5.41, 5.74) is 0.461. The highest BCUT2D eigenvalue weighted by Gasteiger charge is 2.33. The van der Waals surface area contributed by atoms with Gasteiger partial charge in [-0.25, -0.2) is 4.98 Å². The molecule has 2 rings (SSSR count). The van der Waals surface area contributed by atoms with Gasteiger partial charge in [0.2, 0.25) is 5.88 Å². The van der Waals surface area contributed by atoms with Gasteiger partial charge >= 0.3 is 0 Å². The highest BCUT2D eigenvalue weighted by molar-refractivity contribution is 5.21. The van der Waals surface area contributed by atoms with Crippen molar-refractivity contribution in [2.75, 3.05) is 14.2 Å². The fraction of sp³-hybridized carbons (Fsp3) is 0.714. The van der Waals surface area contributed by atoms with Gasteiger partial charge in [-0.1, -0.05) is 19.3 Å². The highest BCUT2D eigenvalue weighted by Crippen LogP contribution is 2.35. The molecular formula is C14H22N2O3. The van der Waals surface area contributed by atoms with Crippen molar-refractivity contribution in [3.05, 3.63) is 18.1 Å². The molecule has 5 heteroatoms. The maximum absolute atomic E-state index is 10.5. The van der Waals surface area contributed by atoms with Crippen LogP contribution < -0.4 is 4.74 Å². The lowest BCUT2D eigenvalue weighted by atomic mass is 9.82. The summed E-state index contributed by atoms with van der Waals surface area (Å²) >= 11 is 0. The van der Waals surface area contributed by atoms with Gasteiger partial charge in [-0.15, -0.1) is 0 Å². The van der Waals surface area contributed by atoms with E-state index in [1.165, 1.54) is 26.4 Å². The third-order valence-corrected chi connectivity index (χ3v) is 3.86. The van der Waals surface area contributed by atoms with Crippen LogP contribution >= 0.6 is 0 Å². The van der Waals surface area contributed by atoms with Crippen molar-refractivity contribution in [3.63, 3.8) is 0 Å². The van der Waals surface area contributed by atoms with Crippen LogP contribution in [0.5, 0.6) is 5.88 Å². The quantitative estimate of drug-likeness (QED) is 0.884. The Labute approximate surface area is 114 Å². The Balaban J connectivity index is 2.17. The van der Waals surface area contributed by atoms with Gasteiger partial charge in [-0.05, 0) is 18.8 Å². The Bertz CT molecular complexity index is 394. The average molecular weight is 266 g/mol. The first-order valence-electron chi connectivity index (χ1n) is 6.83. The van der Waals surface area contributed by atoms with Gasteiger partial charge in [0.1, 0.15) is 11.8 Å². The molecule has 0 saturated heterocycles. The molecule has 1 aromatic rings. The van der Waals surface area contributed by atoms with E-state index in [2.05, 4.69) is 9.97 Å². The summed E-state index contributed by atoms with van der Waals surface area (Å²) in [4.78, 5) is 8.28. The summed E-state index contributed by atoms with van der Waals surface area (Å²) in [6.07, 6.45) is 7.95. The molecule has 0 aliphatic heterocycles. The summed E-state index contributed by atoms with van der Waals surface area (Å²) in [6, 6.07) is 0. The van der Waals surface area contributed by atoms with Crippen LogP contribution in [0.4, 0.5) is 0 Å². The zero-order chi connectivity index (χ0) is 13.7. The predicted octanol–water partition coefficient (Wildman–Crippen LogP) is 2.11. The summed E-state index contributed by atoms with van der Waals surface area (Å²) in [5, 5.41) is 10.5. The lowest BCUT2D eigenvalue weighted by molar-refractivity contribution is -0.0585. The molecule has 0 radical (unpaired) electrons. The summed E-state index contributed by atoms with van der Waals surface area (Å²) in [6.45, 7) is 0. The largest absolute Gasteiger partial charge is 0.480 e. The van der Waals surface area contributed by atoms with Crippen molar-refractivity contribution in [2.45, 2.75) is 44.3 Å². The first-order chi connectivity index (χ1) is 9.27. The fourth-order valence-electron chi connectivity index (χ4n) is 2.89. The Morgan fingerprint density at radius 3 is 2.47 bits per heavy atom. The van der Waals surface area contributed by atoms with Crippen molar-refractivity contribution < 1.29 is 14.6 Å². The number of aliphatic hydroxyl groups excluding tert-OH is 1. The number of ether oxygens (including phenoxy) is 2. The zero-order valence-electron chi connectivity index (χ0n) is 11.6. The van der Waals surface area contributed by atoms with Crippen LogP contribution in [0.25, 0.3) is 0 Å². The normalized spacial score (nSPS) is 19.9. The summed E-state index contributed by atoms with van der Waals surface area (Å²) in [5.74, 6) is 0.744. The smallest absolute Gasteiger partial charge is 0.238 e. The van der Waals surface area contributed by atoms with Crippen LogP contribution in [0, 0.1) is 5.92 Å². The van der Waals surface area contributed by atoms with Gasteiger partial charge < -0.3 is 14.6 Å². The van der Waals surface area contributed by atoms with Crippen molar-refractivity contribution in [2.24, 2.45) is 5.92 Å². The van der Waals surface area contributed by atoms with Crippen LogP contribution in [0.15, 0.2) is 12.4 Å². The number of aliphatic hydroxyl groups is 1. The summed E-state index contributed by atoms with van der Waals surface area (Å²) in [7, 11) is 3.17. The third-order valence-electron chi connectivity index (χ3n) is 3.86. The SMILES string of the molecule is COc1nccnc1C(O)C(OC)C1CCCCC1. The molecule has 1 saturated carbocycles. The van der Waals surface area contributed by atoms with E-state index in [1.807, 2.05) is 0 Å². The van der Waals surface area contributed by atoms with Gasteiger partial charge in [-0.3, -0.25) is 4.98 Å². The van der Waals surface area contributed by atoms with E-state index in [4.69, 9.17) is 9.47 Å². The molecule has 2 unspecified atom stereocenters. The van der Waals surface area contributed by atoms with Crippen molar-refractivity contribution >= 4 is 0 Å². The monoisotopic (exact) mass is 266 g/mol. The molecule has 1 fully saturated rings. The minimum Gasteiger partial charge on any atom is -0.480 e. The molecule has 1 N–H and O–H groups in total. The van der Waals surface area contributed by atoms with Crippen molar-refractivity contribution in [1.29, 1.82) is 0 Å². The molecule has 1 aliphatic carbocycles. The van der Waals surface area contributed by atoms with Gasteiger partial charge in [-0.2, -0.15) is 0 Å². The number of hydrogen-bond donors (Lipinski definition) is 1. The second-order valence-corrected chi connectivity index (χ2v) is 4.99. The Kier molecular flexibility index (Phi) is 5.10. The fourth-order valence-corrected chi connectivity index (χ4v) is 2.89. The minimum absolute atomic E-state index is 0.245. The van der Waals surface area contributed by atoms with E-state index in [-0.39, 0.29) is 6.10 Å². The molecular weight excluding hydrogens is 244 g/mol. The van der Waals surface area contributed by atoms with Crippen molar-refractivity contribution in [3.8, 4) is 5.88 Å². The summed E-state index contributed by atoms with van der Waals surface area (Å²) < 4.78 is 10.7. The maximum Gasteiger partial charge on any atom is 0.238 e. The third kappa shape index (κ3) is 3.22. The lowest BCUT2D eigenvalue weighted by Gasteiger charge is -2.32. The molecule has 1 heterocycles. The Morgan fingerprint density at radius 2 is 1.84 bits per heavy atom. The number of hydrogen-bond acceptors (Lipinski definition) is 5. The zero-order valence-corrected chi connectivity index (χ0v) is 11.6. The van der Waals surface area contributed by atoms with E-state index in [9.17, 15) is 5.11 Å². The van der Waals surface area contributed by atoms with E-state index >= 15 is 0 Å². The maximum atomic E-state index is 10.5. The number of rotatable bonds is 5. The van der Waals surface area contributed by atoms with Crippen LogP contribution in [0.1, 0.15) is 43.9 Å². The van der Waals surface area contributed by atoms with E-state index < -0.39 is 6.10 Å². The van der Waals surface area contributed by atoms with Crippen LogP contribution in [-0.2, 0) is 4.74 Å². The Morgan fingerprint density at radius 1 is 1.16 bits per heavy atom. The topological polar surface area (TPSA) is 64.5 Å². The molecule has 19 heavy (non-hydrogen) atoms. The number of nitrogens with zero attached hydrogens (tertiary/aromatic N) is 2. The molecule has 106 valence electrons. The first kappa shape index (κ1) is 14.2. The van der Waals surface area contributed by atoms with Gasteiger partial charge in [0, 0.05) is 19.5 Å². The van der Waals surface area contributed by atoms with Gasteiger partial charge in [0.05, 0.1) is 13.2 Å². The molecule has 5 nitrogen and oxygen atoms in total. The molecule has 2 atom stereocenters. The molecule has 0 amide bonds. The van der Waals surface area contributed by atoms with Crippen LogP contribution in [0.3, 0.4) is 0 Å².